The summed E-state index contributed by atoms with van der Waals surface area (Å²) in [6, 6.07) is 18.9. The van der Waals surface area contributed by atoms with E-state index in [9.17, 15) is 9.59 Å². The fourth-order valence-electron chi connectivity index (χ4n) is 3.05. The van der Waals surface area contributed by atoms with Crippen molar-refractivity contribution in [2.45, 2.75) is 0 Å². The molecule has 0 aliphatic carbocycles. The van der Waals surface area contributed by atoms with Crippen LogP contribution in [0.2, 0.25) is 0 Å². The number of amides is 3. The highest BCUT2D eigenvalue weighted by Crippen LogP contribution is 2.32. The number of H-pyrrole nitrogens is 1. The molecule has 3 aromatic carbocycles. The third-order valence-electron chi connectivity index (χ3n) is 4.28. The number of fused-ring (bicyclic) bond motifs is 1. The first-order chi connectivity index (χ1) is 14.9. The second kappa shape index (κ2) is 8.52. The number of carbonyl (C=O) groups excluding carboxylic acids is 1. The SMILES string of the molecule is NC(=O)N(c1cccc(I)c1)c1cccc(Oc2ccc3nc(NC(=O)O)[nH]c3c2)c1. The van der Waals surface area contributed by atoms with Gasteiger partial charge in [-0.2, -0.15) is 0 Å². The van der Waals surface area contributed by atoms with E-state index < -0.39 is 12.1 Å². The number of aromatic amines is 1. The first-order valence-electron chi connectivity index (χ1n) is 9.02. The molecule has 0 fully saturated rings. The van der Waals surface area contributed by atoms with Crippen molar-refractivity contribution in [3.63, 3.8) is 0 Å². The first-order valence-corrected chi connectivity index (χ1v) is 10.1. The van der Waals surface area contributed by atoms with Gasteiger partial charge in [0, 0.05) is 15.7 Å². The molecule has 0 bridgehead atoms. The molecule has 0 saturated carbocycles. The molecule has 5 N–H and O–H groups in total. The maximum atomic E-state index is 12.2. The molecule has 4 aromatic rings. The Morgan fingerprint density at radius 3 is 2.45 bits per heavy atom. The Balaban J connectivity index is 1.62. The highest BCUT2D eigenvalue weighted by atomic mass is 127. The number of hydrogen-bond acceptors (Lipinski definition) is 4. The first kappa shape index (κ1) is 20.5. The van der Waals surface area contributed by atoms with E-state index in [1.165, 1.54) is 4.90 Å². The van der Waals surface area contributed by atoms with Crippen LogP contribution in [0.3, 0.4) is 0 Å². The van der Waals surface area contributed by atoms with Gasteiger partial charge in [0.2, 0.25) is 5.95 Å². The van der Waals surface area contributed by atoms with Gasteiger partial charge in [-0.15, -0.1) is 0 Å². The van der Waals surface area contributed by atoms with Gasteiger partial charge in [-0.25, -0.2) is 14.6 Å². The largest absolute Gasteiger partial charge is 0.465 e. The molecule has 0 aliphatic heterocycles. The van der Waals surface area contributed by atoms with Crippen molar-refractivity contribution >= 4 is 63.1 Å². The van der Waals surface area contributed by atoms with Crippen LogP contribution >= 0.6 is 22.6 Å². The lowest BCUT2D eigenvalue weighted by atomic mass is 10.2. The molecular formula is C21H16IN5O4. The Morgan fingerprint density at radius 1 is 1.03 bits per heavy atom. The number of carboxylic acid groups (broad SMARTS) is 1. The number of nitrogens with one attached hydrogen (secondary N) is 2. The van der Waals surface area contributed by atoms with Gasteiger partial charge in [0.15, 0.2) is 0 Å². The molecule has 9 nitrogen and oxygen atoms in total. The van der Waals surface area contributed by atoms with Crippen LogP contribution in [0.4, 0.5) is 26.9 Å². The van der Waals surface area contributed by atoms with Crippen LogP contribution in [0.15, 0.2) is 66.7 Å². The Labute approximate surface area is 190 Å². The van der Waals surface area contributed by atoms with Gasteiger partial charge in [0.05, 0.1) is 22.4 Å². The van der Waals surface area contributed by atoms with E-state index in [4.69, 9.17) is 15.6 Å². The molecular weight excluding hydrogens is 513 g/mol. The average molecular weight is 529 g/mol. The van der Waals surface area contributed by atoms with Crippen LogP contribution in [-0.4, -0.2) is 27.2 Å². The number of primary amides is 1. The number of nitrogens with zero attached hydrogens (tertiary/aromatic N) is 2. The standard InChI is InChI=1S/C21H16IN5O4/c22-12-3-1-4-13(9-12)27(19(23)28)14-5-2-6-15(10-14)31-16-7-8-17-18(11-16)25-20(24-17)26-21(29)30/h1-11H,(H2,23,28)(H,29,30)(H2,24,25,26). The highest BCUT2D eigenvalue weighted by molar-refractivity contribution is 14.1. The van der Waals surface area contributed by atoms with E-state index in [1.54, 1.807) is 48.5 Å². The van der Waals surface area contributed by atoms with Crippen LogP contribution in [-0.2, 0) is 0 Å². The zero-order valence-electron chi connectivity index (χ0n) is 15.9. The molecule has 0 spiro atoms. The molecule has 0 radical (unpaired) electrons. The van der Waals surface area contributed by atoms with Crippen molar-refractivity contribution in [3.8, 4) is 11.5 Å². The number of rotatable bonds is 5. The number of aromatic nitrogens is 2. The fraction of sp³-hybridized carbons (Fsp3) is 0. The minimum Gasteiger partial charge on any atom is -0.465 e. The van der Waals surface area contributed by atoms with Crippen LogP contribution in [0.5, 0.6) is 11.5 Å². The summed E-state index contributed by atoms with van der Waals surface area (Å²) in [7, 11) is 0. The predicted molar refractivity (Wildman–Crippen MR) is 125 cm³/mol. The summed E-state index contributed by atoms with van der Waals surface area (Å²) in [6.45, 7) is 0. The molecule has 10 heteroatoms. The second-order valence-electron chi connectivity index (χ2n) is 6.45. The van der Waals surface area contributed by atoms with Gasteiger partial charge in [-0.3, -0.25) is 10.2 Å². The van der Waals surface area contributed by atoms with Gasteiger partial charge in [-0.1, -0.05) is 12.1 Å². The lowest BCUT2D eigenvalue weighted by Gasteiger charge is -2.21. The highest BCUT2D eigenvalue weighted by Gasteiger charge is 2.16. The number of hydrogen-bond donors (Lipinski definition) is 4. The quantitative estimate of drug-likeness (QED) is 0.262. The number of nitrogens with two attached hydrogens (primary N) is 1. The smallest absolute Gasteiger partial charge is 0.411 e. The summed E-state index contributed by atoms with van der Waals surface area (Å²) in [5, 5.41) is 11.0. The van der Waals surface area contributed by atoms with Gasteiger partial charge in [0.25, 0.3) is 0 Å². The second-order valence-corrected chi connectivity index (χ2v) is 7.69. The molecule has 0 atom stereocenters. The van der Waals surface area contributed by atoms with E-state index >= 15 is 0 Å². The van der Waals surface area contributed by atoms with E-state index in [-0.39, 0.29) is 5.95 Å². The van der Waals surface area contributed by atoms with Crippen LogP contribution in [0.25, 0.3) is 11.0 Å². The van der Waals surface area contributed by atoms with Crippen molar-refractivity contribution in [3.05, 3.63) is 70.3 Å². The third-order valence-corrected chi connectivity index (χ3v) is 4.95. The molecule has 156 valence electrons. The number of halogens is 1. The van der Waals surface area contributed by atoms with Crippen molar-refractivity contribution in [1.82, 2.24) is 9.97 Å². The summed E-state index contributed by atoms with van der Waals surface area (Å²) in [4.78, 5) is 31.3. The van der Waals surface area contributed by atoms with Crippen molar-refractivity contribution < 1.29 is 19.4 Å². The number of ether oxygens (including phenoxy) is 1. The normalized spacial score (nSPS) is 10.6. The lowest BCUT2D eigenvalue weighted by Crippen LogP contribution is -2.31. The van der Waals surface area contributed by atoms with Crippen molar-refractivity contribution in [1.29, 1.82) is 0 Å². The van der Waals surface area contributed by atoms with Gasteiger partial charge >= 0.3 is 12.1 Å². The van der Waals surface area contributed by atoms with Crippen molar-refractivity contribution in [2.75, 3.05) is 10.2 Å². The van der Waals surface area contributed by atoms with Crippen LogP contribution in [0, 0.1) is 3.57 Å². The van der Waals surface area contributed by atoms with Gasteiger partial charge in [0.1, 0.15) is 11.5 Å². The molecule has 1 aromatic heterocycles. The Hall–Kier alpha value is -3.80. The molecule has 1 heterocycles. The van der Waals surface area contributed by atoms with E-state index in [0.29, 0.717) is 33.9 Å². The van der Waals surface area contributed by atoms with Gasteiger partial charge < -0.3 is 20.6 Å². The Bertz CT molecular complexity index is 1290. The van der Waals surface area contributed by atoms with E-state index in [2.05, 4.69) is 37.9 Å². The maximum absolute atomic E-state index is 12.2. The summed E-state index contributed by atoms with van der Waals surface area (Å²) in [6.07, 6.45) is -1.21. The van der Waals surface area contributed by atoms with Crippen LogP contribution < -0.4 is 20.7 Å². The van der Waals surface area contributed by atoms with Crippen molar-refractivity contribution in [2.24, 2.45) is 5.73 Å². The molecule has 0 saturated heterocycles. The molecule has 0 unspecified atom stereocenters. The number of imidazole rings is 1. The van der Waals surface area contributed by atoms with E-state index in [1.807, 2.05) is 18.2 Å². The average Bonchev–Trinajstić information content (AvgIpc) is 3.09. The Morgan fingerprint density at radius 2 is 1.74 bits per heavy atom. The number of urea groups is 1. The third kappa shape index (κ3) is 4.69. The number of anilines is 3. The zero-order valence-corrected chi connectivity index (χ0v) is 18.0. The minimum atomic E-state index is -1.21. The van der Waals surface area contributed by atoms with Gasteiger partial charge in [-0.05, 0) is 65.1 Å². The number of benzene rings is 3. The molecule has 4 rings (SSSR count). The van der Waals surface area contributed by atoms with Crippen LogP contribution in [0.1, 0.15) is 0 Å². The zero-order chi connectivity index (χ0) is 22.0. The number of carbonyl (C=O) groups is 2. The lowest BCUT2D eigenvalue weighted by molar-refractivity contribution is 0.209. The topological polar surface area (TPSA) is 134 Å². The van der Waals surface area contributed by atoms with E-state index in [0.717, 1.165) is 3.57 Å². The summed E-state index contributed by atoms with van der Waals surface area (Å²) >= 11 is 2.17. The maximum Gasteiger partial charge on any atom is 0.411 e. The monoisotopic (exact) mass is 529 g/mol. The minimum absolute atomic E-state index is 0.122. The summed E-state index contributed by atoms with van der Waals surface area (Å²) in [5.41, 5.74) is 8.04. The molecule has 0 aliphatic rings. The summed E-state index contributed by atoms with van der Waals surface area (Å²) in [5.74, 6) is 1.13. The molecule has 3 amide bonds. The summed E-state index contributed by atoms with van der Waals surface area (Å²) < 4.78 is 6.91. The molecule has 31 heavy (non-hydrogen) atoms. The predicted octanol–water partition coefficient (Wildman–Crippen LogP) is 5.27. The fourth-order valence-corrected chi connectivity index (χ4v) is 3.58. The Kier molecular flexibility index (Phi) is 5.62.